The Morgan fingerprint density at radius 2 is 1.79 bits per heavy atom. The van der Waals surface area contributed by atoms with E-state index in [4.69, 9.17) is 5.14 Å². The molecule has 39 heavy (non-hydrogen) atoms. The summed E-state index contributed by atoms with van der Waals surface area (Å²) in [6.07, 6.45) is 6.18. The van der Waals surface area contributed by atoms with E-state index in [1.54, 1.807) is 29.1 Å². The van der Waals surface area contributed by atoms with E-state index in [2.05, 4.69) is 32.1 Å². The minimum atomic E-state index is -3.89. The molecule has 0 unspecified atom stereocenters. The molecule has 1 aromatic heterocycles. The number of carbonyl (C=O) groups excluding carboxylic acids is 1. The van der Waals surface area contributed by atoms with Crippen LogP contribution in [0.3, 0.4) is 0 Å². The molecule has 0 radical (unpaired) electrons. The zero-order valence-corrected chi connectivity index (χ0v) is 23.9. The third kappa shape index (κ3) is 5.85. The van der Waals surface area contributed by atoms with Gasteiger partial charge in [-0.15, -0.1) is 0 Å². The number of benzene rings is 3. The highest BCUT2D eigenvalue weighted by atomic mass is 79.9. The van der Waals surface area contributed by atoms with E-state index in [0.29, 0.717) is 23.3 Å². The lowest BCUT2D eigenvalue weighted by Gasteiger charge is -2.11. The number of rotatable bonds is 7. The predicted octanol–water partition coefficient (Wildman–Crippen LogP) is 6.39. The van der Waals surface area contributed by atoms with E-state index in [1.807, 2.05) is 62.4 Å². The molecule has 5 rings (SSSR count). The van der Waals surface area contributed by atoms with Crippen LogP contribution in [0.25, 0.3) is 22.0 Å². The summed E-state index contributed by atoms with van der Waals surface area (Å²) in [5.41, 5.74) is 4.09. The Labute approximate surface area is 235 Å². The molecule has 9 heteroatoms. The van der Waals surface area contributed by atoms with Crippen molar-refractivity contribution in [3.05, 3.63) is 107 Å². The van der Waals surface area contributed by atoms with Gasteiger partial charge in [0.2, 0.25) is 10.0 Å². The van der Waals surface area contributed by atoms with Gasteiger partial charge in [0.15, 0.2) is 5.78 Å². The van der Waals surface area contributed by atoms with E-state index < -0.39 is 10.0 Å². The fourth-order valence-corrected chi connectivity index (χ4v) is 5.82. The molecule has 0 fully saturated rings. The second kappa shape index (κ2) is 10.8. The average molecular weight is 604 g/mol. The number of hydrogen-bond donors (Lipinski definition) is 1. The van der Waals surface area contributed by atoms with Crippen LogP contribution < -0.4 is 5.14 Å². The number of hydrogen-bond acceptors (Lipinski definition) is 5. The van der Waals surface area contributed by atoms with Crippen LogP contribution >= 0.6 is 15.9 Å². The maximum Gasteiger partial charge on any atom is 0.238 e. The van der Waals surface area contributed by atoms with E-state index >= 15 is 0 Å². The summed E-state index contributed by atoms with van der Waals surface area (Å²) in [5, 5.41) is 12.2. The maximum absolute atomic E-state index is 13.4. The van der Waals surface area contributed by atoms with E-state index in [0.717, 1.165) is 32.3 Å². The van der Waals surface area contributed by atoms with Gasteiger partial charge in [0, 0.05) is 39.9 Å². The lowest BCUT2D eigenvalue weighted by molar-refractivity contribution is 0.0977. The van der Waals surface area contributed by atoms with Crippen LogP contribution in [0, 0.1) is 12.8 Å². The van der Waals surface area contributed by atoms with Crippen LogP contribution in [0.15, 0.2) is 99.4 Å². The molecule has 0 amide bonds. The number of Topliss-reactive ketones (excluding diaryl/α,β-unsaturated/α-hetero) is 1. The zero-order valence-electron chi connectivity index (χ0n) is 21.5. The van der Waals surface area contributed by atoms with Gasteiger partial charge in [0.1, 0.15) is 5.69 Å². The SMILES string of the molecule is Cc1cc(C(=O)CCC2=NC=C(c3ccccc3S(N)(=O)=O)C=C[C@H]2C)n(-c2ccc3cc(Br)ccc3c2)n1. The summed E-state index contributed by atoms with van der Waals surface area (Å²) in [6.45, 7) is 3.88. The number of nitrogens with zero attached hydrogens (tertiary/aromatic N) is 3. The van der Waals surface area contributed by atoms with Crippen molar-refractivity contribution in [2.45, 2.75) is 31.6 Å². The molecule has 1 atom stereocenters. The van der Waals surface area contributed by atoms with Gasteiger partial charge in [-0.1, -0.05) is 65.3 Å². The molecule has 7 nitrogen and oxygen atoms in total. The normalized spacial score (nSPS) is 15.6. The topological polar surface area (TPSA) is 107 Å². The smallest absolute Gasteiger partial charge is 0.238 e. The maximum atomic E-state index is 13.4. The number of fused-ring (bicyclic) bond motifs is 1. The quantitative estimate of drug-likeness (QED) is 0.247. The molecule has 0 bridgehead atoms. The molecular weight excluding hydrogens is 576 g/mol. The monoisotopic (exact) mass is 602 g/mol. The molecular formula is C30H27BrN4O3S. The van der Waals surface area contributed by atoms with Crippen LogP contribution in [0.2, 0.25) is 0 Å². The van der Waals surface area contributed by atoms with Gasteiger partial charge < -0.3 is 0 Å². The third-order valence-electron chi connectivity index (χ3n) is 6.72. The lowest BCUT2D eigenvalue weighted by atomic mass is 9.98. The Morgan fingerprint density at radius 1 is 1.05 bits per heavy atom. The first kappa shape index (κ1) is 26.9. The summed E-state index contributed by atoms with van der Waals surface area (Å²) in [4.78, 5) is 18.1. The molecule has 0 saturated heterocycles. The molecule has 4 aromatic rings. The molecule has 198 valence electrons. The van der Waals surface area contributed by atoms with Crippen molar-refractivity contribution in [1.82, 2.24) is 9.78 Å². The number of ketones is 1. The fourth-order valence-electron chi connectivity index (χ4n) is 4.68. The number of aryl methyl sites for hydroxylation is 1. The average Bonchev–Trinajstić information content (AvgIpc) is 3.20. The number of carbonyl (C=O) groups is 1. The highest BCUT2D eigenvalue weighted by Gasteiger charge is 2.20. The Balaban J connectivity index is 1.38. The highest BCUT2D eigenvalue weighted by Crippen LogP contribution is 2.27. The summed E-state index contributed by atoms with van der Waals surface area (Å²) < 4.78 is 26.9. The molecule has 0 saturated carbocycles. The number of sulfonamides is 1. The van der Waals surface area contributed by atoms with Crippen molar-refractivity contribution in [2.75, 3.05) is 0 Å². The lowest BCUT2D eigenvalue weighted by Crippen LogP contribution is -2.14. The van der Waals surface area contributed by atoms with Gasteiger partial charge >= 0.3 is 0 Å². The predicted molar refractivity (Wildman–Crippen MR) is 159 cm³/mol. The molecule has 2 heterocycles. The molecule has 0 spiro atoms. The highest BCUT2D eigenvalue weighted by molar-refractivity contribution is 9.10. The van der Waals surface area contributed by atoms with Crippen molar-refractivity contribution in [3.63, 3.8) is 0 Å². The summed E-state index contributed by atoms with van der Waals surface area (Å²) >= 11 is 3.51. The Kier molecular flexibility index (Phi) is 7.48. The Bertz CT molecular complexity index is 1800. The van der Waals surface area contributed by atoms with E-state index in [1.165, 1.54) is 6.07 Å². The van der Waals surface area contributed by atoms with Crippen molar-refractivity contribution in [3.8, 4) is 5.69 Å². The molecule has 1 aliphatic heterocycles. The van der Waals surface area contributed by atoms with Crippen molar-refractivity contribution < 1.29 is 13.2 Å². The van der Waals surface area contributed by atoms with E-state index in [9.17, 15) is 13.2 Å². The second-order valence-electron chi connectivity index (χ2n) is 9.58. The third-order valence-corrected chi connectivity index (χ3v) is 8.18. The molecule has 3 aromatic carbocycles. The van der Waals surface area contributed by atoms with Gasteiger partial charge in [0.05, 0.1) is 16.3 Å². The van der Waals surface area contributed by atoms with Crippen LogP contribution in [0.1, 0.15) is 41.5 Å². The van der Waals surface area contributed by atoms with Gasteiger partial charge in [-0.05, 0) is 60.5 Å². The van der Waals surface area contributed by atoms with Crippen molar-refractivity contribution in [2.24, 2.45) is 16.0 Å². The summed E-state index contributed by atoms with van der Waals surface area (Å²) in [6, 6.07) is 20.5. The summed E-state index contributed by atoms with van der Waals surface area (Å²) in [7, 11) is -3.89. The number of aromatic nitrogens is 2. The van der Waals surface area contributed by atoms with Crippen molar-refractivity contribution >= 4 is 53.8 Å². The number of nitrogens with two attached hydrogens (primary N) is 1. The van der Waals surface area contributed by atoms with Gasteiger partial charge in [0.25, 0.3) is 0 Å². The minimum absolute atomic E-state index is 0.0281. The number of allylic oxidation sites excluding steroid dienone is 3. The van der Waals surface area contributed by atoms with Crippen LogP contribution in [-0.4, -0.2) is 29.7 Å². The fraction of sp³-hybridized carbons (Fsp3) is 0.167. The number of aliphatic imine (C=N–C) groups is 1. The number of halogens is 1. The first-order valence-corrected chi connectivity index (χ1v) is 14.8. The van der Waals surface area contributed by atoms with Crippen LogP contribution in [-0.2, 0) is 10.0 Å². The first-order valence-electron chi connectivity index (χ1n) is 12.5. The number of primary sulfonamides is 1. The molecule has 1 aliphatic rings. The zero-order chi connectivity index (χ0) is 27.7. The van der Waals surface area contributed by atoms with Crippen LogP contribution in [0.4, 0.5) is 0 Å². The van der Waals surface area contributed by atoms with Crippen LogP contribution in [0.5, 0.6) is 0 Å². The first-order chi connectivity index (χ1) is 18.6. The van der Waals surface area contributed by atoms with Crippen molar-refractivity contribution in [1.29, 1.82) is 0 Å². The minimum Gasteiger partial charge on any atom is -0.292 e. The molecule has 2 N–H and O–H groups in total. The second-order valence-corrected chi connectivity index (χ2v) is 12.0. The standard InChI is InChI=1S/C30H27BrN4O3S/c1-19-7-8-23(26-5-3-4-6-30(26)39(32,37)38)18-33-27(19)13-14-29(36)28-15-20(2)34-35(28)25-12-10-21-16-24(31)11-9-22(21)17-25/h3-12,15-19H,13-14H2,1-2H3,(H2,32,37,38)/t19-/m1/s1. The van der Waals surface area contributed by atoms with Gasteiger partial charge in [-0.3, -0.25) is 9.79 Å². The van der Waals surface area contributed by atoms with Gasteiger partial charge in [-0.25, -0.2) is 18.2 Å². The molecule has 0 aliphatic carbocycles. The Hall–Kier alpha value is -3.66. The largest absolute Gasteiger partial charge is 0.292 e. The van der Waals surface area contributed by atoms with Gasteiger partial charge in [-0.2, -0.15) is 5.10 Å². The summed E-state index contributed by atoms with van der Waals surface area (Å²) in [5.74, 6) is -0.0574. The van der Waals surface area contributed by atoms with E-state index in [-0.39, 0.29) is 23.0 Å². The Morgan fingerprint density at radius 3 is 2.59 bits per heavy atom.